The molecule has 2 aromatic carbocycles. The fourth-order valence-electron chi connectivity index (χ4n) is 6.02. The minimum absolute atomic E-state index is 0. The second-order valence-corrected chi connectivity index (χ2v) is 10.5. The fourth-order valence-corrected chi connectivity index (χ4v) is 6.02. The number of Topliss-reactive ketones (excluding diaryl/α,β-unsaturated/α-hetero) is 2. The summed E-state index contributed by atoms with van der Waals surface area (Å²) in [6, 6.07) is 10.8. The Balaban J connectivity index is 0.00000289. The van der Waals surface area contributed by atoms with Gasteiger partial charge in [-0.3, -0.25) is 24.9 Å². The Morgan fingerprint density at radius 2 is 1.98 bits per heavy atom. The molecule has 1 atom stereocenters. The third kappa shape index (κ3) is 4.52. The largest absolute Gasteiger partial charge is 1.00 e. The van der Waals surface area contributed by atoms with E-state index in [0.29, 0.717) is 72.5 Å². The molecule has 11 heteroatoms. The maximum atomic E-state index is 14.5. The minimum atomic E-state index is -1.01. The molecule has 1 aliphatic carbocycles. The summed E-state index contributed by atoms with van der Waals surface area (Å²) in [7, 11) is 0. The number of nitrogens with zero attached hydrogens (tertiary/aromatic N) is 5. The molecule has 40 heavy (non-hydrogen) atoms. The summed E-state index contributed by atoms with van der Waals surface area (Å²) in [5, 5.41) is 20.1. The average Bonchev–Trinajstić information content (AvgIpc) is 3.66. The van der Waals surface area contributed by atoms with Gasteiger partial charge in [0.1, 0.15) is 23.0 Å². The van der Waals surface area contributed by atoms with E-state index in [0.717, 1.165) is 29.3 Å². The van der Waals surface area contributed by atoms with E-state index in [1.165, 1.54) is 0 Å². The van der Waals surface area contributed by atoms with Crippen LogP contribution in [-0.2, 0) is 0 Å². The number of rotatable bonds is 6. The fraction of sp³-hybridized carbons (Fsp3) is 0.379. The van der Waals surface area contributed by atoms with E-state index in [9.17, 15) is 9.59 Å². The summed E-state index contributed by atoms with van der Waals surface area (Å²) in [6.45, 7) is 3.68. The Kier molecular flexibility index (Phi) is 7.20. The van der Waals surface area contributed by atoms with Crippen molar-refractivity contribution in [1.82, 2.24) is 30.9 Å². The topological polar surface area (TPSA) is 130 Å². The van der Waals surface area contributed by atoms with E-state index in [1.807, 2.05) is 19.1 Å². The number of hydrogen-bond acceptors (Lipinski definition) is 9. The van der Waals surface area contributed by atoms with Gasteiger partial charge < -0.3 is 19.9 Å². The second-order valence-electron chi connectivity index (χ2n) is 10.5. The number of nitrogens with one attached hydrogen (secondary N) is 1. The van der Waals surface area contributed by atoms with Gasteiger partial charge in [-0.25, -0.2) is 0 Å². The van der Waals surface area contributed by atoms with Crippen molar-refractivity contribution in [3.63, 3.8) is 0 Å². The number of piperidine rings is 1. The smallest absolute Gasteiger partial charge is 0.493 e. The zero-order valence-corrected chi connectivity index (χ0v) is 24.5. The number of ether oxygens (including phenoxy) is 2. The minimum Gasteiger partial charge on any atom is -0.493 e. The van der Waals surface area contributed by atoms with Crippen molar-refractivity contribution in [3.8, 4) is 22.9 Å². The number of aromatic nitrogens is 5. The predicted molar refractivity (Wildman–Crippen MR) is 141 cm³/mol. The molecule has 0 bridgehead atoms. The van der Waals surface area contributed by atoms with Crippen LogP contribution in [0.4, 0.5) is 0 Å². The maximum Gasteiger partial charge on any atom is 1.00 e. The summed E-state index contributed by atoms with van der Waals surface area (Å²) in [5.41, 5.74) is 1.41. The van der Waals surface area contributed by atoms with E-state index in [-0.39, 0.29) is 41.1 Å². The van der Waals surface area contributed by atoms with E-state index < -0.39 is 11.5 Å². The summed E-state index contributed by atoms with van der Waals surface area (Å²) >= 11 is 0. The molecule has 1 saturated carbocycles. The van der Waals surface area contributed by atoms with Gasteiger partial charge >= 0.3 is 29.6 Å². The number of benzene rings is 2. The molecule has 4 heterocycles. The van der Waals surface area contributed by atoms with Crippen molar-refractivity contribution in [3.05, 3.63) is 59.4 Å². The van der Waals surface area contributed by atoms with Crippen LogP contribution in [-0.4, -0.2) is 57.4 Å². The van der Waals surface area contributed by atoms with Gasteiger partial charge in [-0.2, -0.15) is 5.21 Å². The Morgan fingerprint density at radius 1 is 1.15 bits per heavy atom. The summed E-state index contributed by atoms with van der Waals surface area (Å²) in [4.78, 5) is 33.4. The number of tetrazole rings is 1. The van der Waals surface area contributed by atoms with Crippen LogP contribution in [0.25, 0.3) is 22.2 Å². The second kappa shape index (κ2) is 10.7. The predicted octanol–water partition coefficient (Wildman–Crippen LogP) is 0.521. The first-order valence-corrected chi connectivity index (χ1v) is 13.4. The van der Waals surface area contributed by atoms with Crippen molar-refractivity contribution < 1.29 is 48.6 Å². The number of hydrogen-bond donors (Lipinski definition) is 1. The molecule has 1 N–H and O–H groups in total. The third-order valence-electron chi connectivity index (χ3n) is 8.06. The number of carbonyl (C=O) groups excluding carboxylic acids is 2. The number of ketones is 2. The summed E-state index contributed by atoms with van der Waals surface area (Å²) in [6.07, 6.45) is 5.04. The first kappa shape index (κ1) is 27.0. The first-order chi connectivity index (χ1) is 19.1. The average molecular weight is 547 g/mol. The quantitative estimate of drug-likeness (QED) is 0.208. The van der Waals surface area contributed by atoms with Crippen LogP contribution in [0.2, 0.25) is 0 Å². The van der Waals surface area contributed by atoms with Crippen molar-refractivity contribution in [1.29, 1.82) is 0 Å². The maximum absolute atomic E-state index is 14.5. The number of fused-ring (bicyclic) bond motifs is 2. The molecule has 4 aromatic rings. The molecule has 2 aliphatic heterocycles. The first-order valence-electron chi connectivity index (χ1n) is 13.4. The van der Waals surface area contributed by atoms with Crippen LogP contribution < -0.4 is 49.4 Å². The third-order valence-corrected chi connectivity index (χ3v) is 8.06. The SMILES string of the molecule is CCOc1cc(C(=O)[C@@H]2C(=O)c3cc(-c4nnn[n-]4)ccc3OC23CCNCC3)cc2c(C3CC3)nccc12.[Na+]. The zero-order valence-electron chi connectivity index (χ0n) is 22.5. The number of pyridine rings is 1. The van der Waals surface area contributed by atoms with Crippen LogP contribution in [0, 0.1) is 5.92 Å². The molecular formula is C29H27N6NaO4. The molecule has 1 spiro atoms. The van der Waals surface area contributed by atoms with E-state index in [1.54, 1.807) is 30.5 Å². The van der Waals surface area contributed by atoms with E-state index in [4.69, 9.17) is 9.47 Å². The monoisotopic (exact) mass is 546 g/mol. The van der Waals surface area contributed by atoms with Crippen LogP contribution in [0.1, 0.15) is 64.9 Å². The molecule has 0 radical (unpaired) electrons. The molecule has 2 aromatic heterocycles. The van der Waals surface area contributed by atoms with Crippen LogP contribution in [0.5, 0.6) is 11.5 Å². The van der Waals surface area contributed by atoms with Crippen molar-refractivity contribution >= 4 is 22.3 Å². The van der Waals surface area contributed by atoms with Crippen LogP contribution in [0.3, 0.4) is 0 Å². The van der Waals surface area contributed by atoms with Gasteiger partial charge in [0.05, 0.1) is 17.9 Å². The van der Waals surface area contributed by atoms with Gasteiger partial charge in [0.2, 0.25) is 0 Å². The summed E-state index contributed by atoms with van der Waals surface area (Å²) < 4.78 is 12.6. The molecule has 198 valence electrons. The van der Waals surface area contributed by atoms with Gasteiger partial charge in [-0.05, 0) is 68.8 Å². The Morgan fingerprint density at radius 3 is 2.70 bits per heavy atom. The van der Waals surface area contributed by atoms with E-state index in [2.05, 4.69) is 30.9 Å². The van der Waals surface area contributed by atoms with Gasteiger partial charge in [0.15, 0.2) is 11.6 Å². The van der Waals surface area contributed by atoms with Gasteiger partial charge in [0, 0.05) is 47.1 Å². The van der Waals surface area contributed by atoms with Crippen LogP contribution in [0.15, 0.2) is 42.6 Å². The normalized spacial score (nSPS) is 19.5. The molecule has 0 amide bonds. The van der Waals surface area contributed by atoms with Crippen molar-refractivity contribution in [2.75, 3.05) is 19.7 Å². The van der Waals surface area contributed by atoms with Gasteiger partial charge in [0.25, 0.3) is 0 Å². The Hall–Kier alpha value is -3.18. The van der Waals surface area contributed by atoms with Gasteiger partial charge in [-0.1, -0.05) is 6.07 Å². The molecule has 10 nitrogen and oxygen atoms in total. The van der Waals surface area contributed by atoms with Crippen LogP contribution >= 0.6 is 0 Å². The van der Waals surface area contributed by atoms with Gasteiger partial charge in [-0.15, -0.1) is 0 Å². The van der Waals surface area contributed by atoms with Crippen molar-refractivity contribution in [2.24, 2.45) is 5.92 Å². The Bertz CT molecular complexity index is 1600. The summed E-state index contributed by atoms with van der Waals surface area (Å²) in [5.74, 6) is 0.261. The number of carbonyl (C=O) groups is 2. The molecule has 7 rings (SSSR count). The van der Waals surface area contributed by atoms with E-state index >= 15 is 0 Å². The molecule has 2 fully saturated rings. The Labute approximate surface area is 252 Å². The molecule has 1 saturated heterocycles. The molecule has 3 aliphatic rings. The standard InChI is InChI=1S/C29H27N6O4.Na/c1-2-38-23-15-18(14-20-19(23)7-10-31-25(20)16-3-4-16)26(36)24-27(37)21-13-17(28-32-34-35-33-28)5-6-22(21)39-29(24)8-11-30-12-9-29;/h5-7,10,13-16,24,30H,2-4,8-9,11-12H2,1H3;/q-1;+1/t24-;/m1./s1. The van der Waals surface area contributed by atoms with Crippen molar-refractivity contribution in [2.45, 2.75) is 44.1 Å². The molecular weight excluding hydrogens is 519 g/mol. The zero-order chi connectivity index (χ0) is 26.6. The molecule has 0 unspecified atom stereocenters.